The number of nitrogens with one attached hydrogen (secondary N) is 2. The van der Waals surface area contributed by atoms with Gasteiger partial charge in [-0.25, -0.2) is 4.99 Å². The van der Waals surface area contributed by atoms with E-state index < -0.39 is 6.61 Å². The van der Waals surface area contributed by atoms with Crippen LogP contribution >= 0.6 is 0 Å². The topological polar surface area (TPSA) is 63.5 Å². The summed E-state index contributed by atoms with van der Waals surface area (Å²) in [7, 11) is 1.88. The van der Waals surface area contributed by atoms with Gasteiger partial charge in [-0.3, -0.25) is 4.68 Å². The van der Waals surface area contributed by atoms with E-state index in [1.54, 1.807) is 22.9 Å². The summed E-state index contributed by atoms with van der Waals surface area (Å²) in [5.74, 6) is 0.779. The maximum Gasteiger partial charge on any atom is 0.387 e. The van der Waals surface area contributed by atoms with Crippen molar-refractivity contribution in [2.45, 2.75) is 33.4 Å². The molecule has 1 heterocycles. The van der Waals surface area contributed by atoms with Gasteiger partial charge >= 0.3 is 6.61 Å². The lowest BCUT2D eigenvalue weighted by molar-refractivity contribution is -0.0504. The number of alkyl halides is 2. The Morgan fingerprint density at radius 2 is 2.15 bits per heavy atom. The second-order valence-corrected chi connectivity index (χ2v) is 5.88. The summed E-state index contributed by atoms with van der Waals surface area (Å²) in [6, 6.07) is 5.10. The second-order valence-electron chi connectivity index (χ2n) is 5.88. The van der Waals surface area contributed by atoms with Crippen LogP contribution in [0.5, 0.6) is 5.75 Å². The summed E-state index contributed by atoms with van der Waals surface area (Å²) in [4.78, 5) is 4.48. The maximum absolute atomic E-state index is 12.6. The summed E-state index contributed by atoms with van der Waals surface area (Å²) < 4.78 is 31.5. The Hall–Kier alpha value is -2.64. The minimum atomic E-state index is -2.86. The molecule has 0 radical (unpaired) electrons. The van der Waals surface area contributed by atoms with Crippen LogP contribution in [0.3, 0.4) is 0 Å². The van der Waals surface area contributed by atoms with Crippen molar-refractivity contribution in [3.63, 3.8) is 0 Å². The van der Waals surface area contributed by atoms with Crippen molar-refractivity contribution in [3.05, 3.63) is 47.3 Å². The quantitative estimate of drug-likeness (QED) is 0.558. The largest absolute Gasteiger partial charge is 0.434 e. The minimum absolute atomic E-state index is 0.153. The molecular weight excluding hydrogens is 340 g/mol. The lowest BCUT2D eigenvalue weighted by Gasteiger charge is -2.13. The Kier molecular flexibility index (Phi) is 7.37. The van der Waals surface area contributed by atoms with Crippen molar-refractivity contribution in [1.29, 1.82) is 0 Å². The summed E-state index contributed by atoms with van der Waals surface area (Å²) in [5.41, 5.74) is 2.71. The van der Waals surface area contributed by atoms with Crippen molar-refractivity contribution in [3.8, 4) is 5.75 Å². The van der Waals surface area contributed by atoms with E-state index in [0.717, 1.165) is 17.5 Å². The fourth-order valence-corrected chi connectivity index (χ4v) is 2.47. The molecule has 0 amide bonds. The minimum Gasteiger partial charge on any atom is -0.434 e. The first-order valence-electron chi connectivity index (χ1n) is 8.52. The van der Waals surface area contributed by atoms with Gasteiger partial charge in [0.1, 0.15) is 5.75 Å². The van der Waals surface area contributed by atoms with E-state index in [1.165, 1.54) is 0 Å². The third-order valence-electron chi connectivity index (χ3n) is 3.65. The number of aryl methyl sites for hydroxylation is 2. The van der Waals surface area contributed by atoms with Gasteiger partial charge in [0.05, 0.1) is 12.7 Å². The fraction of sp³-hybridized carbons (Fsp3) is 0.444. The first kappa shape index (κ1) is 19.7. The van der Waals surface area contributed by atoms with Crippen LogP contribution in [0.4, 0.5) is 8.78 Å². The van der Waals surface area contributed by atoms with E-state index in [4.69, 9.17) is 0 Å². The number of hydrogen-bond donors (Lipinski definition) is 2. The molecule has 0 unspecified atom stereocenters. The highest BCUT2D eigenvalue weighted by Crippen LogP contribution is 2.22. The van der Waals surface area contributed by atoms with Crippen LogP contribution in [-0.4, -0.2) is 35.4 Å². The molecule has 0 aliphatic carbocycles. The Balaban J connectivity index is 2.00. The molecular formula is C18H25F2N5O. The number of rotatable bonds is 8. The zero-order valence-electron chi connectivity index (χ0n) is 15.3. The molecule has 0 bridgehead atoms. The monoisotopic (exact) mass is 365 g/mol. The highest BCUT2D eigenvalue weighted by atomic mass is 19.3. The van der Waals surface area contributed by atoms with Gasteiger partial charge in [0.15, 0.2) is 5.96 Å². The number of benzene rings is 1. The van der Waals surface area contributed by atoms with Gasteiger partial charge in [0.2, 0.25) is 0 Å². The van der Waals surface area contributed by atoms with Crippen LogP contribution in [0.1, 0.15) is 23.6 Å². The van der Waals surface area contributed by atoms with Crippen molar-refractivity contribution in [2.75, 3.05) is 13.1 Å². The third-order valence-corrected chi connectivity index (χ3v) is 3.65. The predicted molar refractivity (Wildman–Crippen MR) is 97.5 cm³/mol. The molecule has 8 heteroatoms. The van der Waals surface area contributed by atoms with Gasteiger partial charge in [0.25, 0.3) is 0 Å². The Morgan fingerprint density at radius 3 is 2.81 bits per heavy atom. The van der Waals surface area contributed by atoms with Crippen LogP contribution in [0.15, 0.2) is 35.6 Å². The average molecular weight is 365 g/mol. The molecule has 0 aliphatic heterocycles. The van der Waals surface area contributed by atoms with Crippen LogP contribution < -0.4 is 15.4 Å². The standard InChI is InChI=1S/C18H25F2N5O/c1-4-21-18(22-8-7-14-10-24-25(3)12-14)23-11-15-9-13(2)5-6-16(15)26-17(19)20/h5-6,9-10,12,17H,4,7-8,11H2,1-3H3,(H2,21,22,23). The molecule has 0 fully saturated rings. The van der Waals surface area contributed by atoms with Gasteiger partial charge in [-0.15, -0.1) is 0 Å². The number of aliphatic imine (C=N–C) groups is 1. The van der Waals surface area contributed by atoms with E-state index in [9.17, 15) is 8.78 Å². The van der Waals surface area contributed by atoms with Crippen molar-refractivity contribution in [1.82, 2.24) is 20.4 Å². The van der Waals surface area contributed by atoms with Gasteiger partial charge in [-0.05, 0) is 31.9 Å². The van der Waals surface area contributed by atoms with E-state index in [0.29, 0.717) is 24.6 Å². The maximum atomic E-state index is 12.6. The van der Waals surface area contributed by atoms with Gasteiger partial charge in [0, 0.05) is 31.9 Å². The first-order chi connectivity index (χ1) is 12.5. The number of guanidine groups is 1. The smallest absolute Gasteiger partial charge is 0.387 e. The number of aromatic nitrogens is 2. The highest BCUT2D eigenvalue weighted by molar-refractivity contribution is 5.79. The van der Waals surface area contributed by atoms with Crippen LogP contribution in [0.25, 0.3) is 0 Å². The highest BCUT2D eigenvalue weighted by Gasteiger charge is 2.10. The Labute approximate surface area is 152 Å². The lowest BCUT2D eigenvalue weighted by Crippen LogP contribution is -2.38. The van der Waals surface area contributed by atoms with Crippen LogP contribution in [-0.2, 0) is 20.0 Å². The molecule has 2 rings (SSSR count). The van der Waals surface area contributed by atoms with Crippen molar-refractivity contribution in [2.24, 2.45) is 12.0 Å². The van der Waals surface area contributed by atoms with Gasteiger partial charge in [-0.2, -0.15) is 13.9 Å². The van der Waals surface area contributed by atoms with E-state index in [1.807, 2.05) is 33.3 Å². The SMILES string of the molecule is CCNC(=NCc1cc(C)ccc1OC(F)F)NCCc1cnn(C)c1. The summed E-state index contributed by atoms with van der Waals surface area (Å²) in [6.07, 6.45) is 4.60. The zero-order chi connectivity index (χ0) is 18.9. The van der Waals surface area contributed by atoms with Gasteiger partial charge in [-0.1, -0.05) is 17.7 Å². The number of nitrogens with zero attached hydrogens (tertiary/aromatic N) is 3. The molecule has 0 aliphatic rings. The summed E-state index contributed by atoms with van der Waals surface area (Å²) in [6.45, 7) is 2.64. The van der Waals surface area contributed by atoms with Crippen molar-refractivity contribution < 1.29 is 13.5 Å². The molecule has 1 aromatic heterocycles. The molecule has 0 spiro atoms. The Bertz CT molecular complexity index is 730. The average Bonchev–Trinajstić information content (AvgIpc) is 2.99. The summed E-state index contributed by atoms with van der Waals surface area (Å²) in [5, 5.41) is 10.5. The van der Waals surface area contributed by atoms with E-state index in [2.05, 4.69) is 25.5 Å². The third kappa shape index (κ3) is 6.34. The molecule has 0 saturated carbocycles. The molecule has 26 heavy (non-hydrogen) atoms. The molecule has 1 aromatic carbocycles. The molecule has 2 aromatic rings. The molecule has 2 N–H and O–H groups in total. The number of hydrogen-bond acceptors (Lipinski definition) is 3. The van der Waals surface area contributed by atoms with E-state index in [-0.39, 0.29) is 12.3 Å². The molecule has 6 nitrogen and oxygen atoms in total. The zero-order valence-corrected chi connectivity index (χ0v) is 15.3. The van der Waals surface area contributed by atoms with Crippen molar-refractivity contribution >= 4 is 5.96 Å². The first-order valence-corrected chi connectivity index (χ1v) is 8.52. The second kappa shape index (κ2) is 9.74. The fourth-order valence-electron chi connectivity index (χ4n) is 2.47. The Morgan fingerprint density at radius 1 is 1.35 bits per heavy atom. The number of ether oxygens (including phenoxy) is 1. The normalized spacial score (nSPS) is 11.7. The molecule has 142 valence electrons. The lowest BCUT2D eigenvalue weighted by atomic mass is 10.1. The number of halogens is 2. The van der Waals surface area contributed by atoms with Crippen LogP contribution in [0, 0.1) is 6.92 Å². The van der Waals surface area contributed by atoms with E-state index >= 15 is 0 Å². The molecule has 0 saturated heterocycles. The molecule has 0 atom stereocenters. The van der Waals surface area contributed by atoms with Crippen LogP contribution in [0.2, 0.25) is 0 Å². The summed E-state index contributed by atoms with van der Waals surface area (Å²) >= 11 is 0. The van der Waals surface area contributed by atoms with Gasteiger partial charge < -0.3 is 15.4 Å². The predicted octanol–water partition coefficient (Wildman–Crippen LogP) is 2.63.